The molecule has 0 aliphatic carbocycles. The van der Waals surface area contributed by atoms with Crippen molar-refractivity contribution in [3.8, 4) is 5.75 Å². The Morgan fingerprint density at radius 2 is 1.87 bits per heavy atom. The molecular weight excluding hydrogens is 294 g/mol. The predicted octanol–water partition coefficient (Wildman–Crippen LogP) is 1.36. The number of carbonyl (C=O) groups is 1. The number of hydrogen-bond donors (Lipinski definition) is 1. The van der Waals surface area contributed by atoms with E-state index in [1.165, 1.54) is 6.07 Å². The molecule has 0 unspecified atom stereocenters. The van der Waals surface area contributed by atoms with Gasteiger partial charge < -0.3 is 10.1 Å². The summed E-state index contributed by atoms with van der Waals surface area (Å²) in [7, 11) is 0. The van der Waals surface area contributed by atoms with Crippen molar-refractivity contribution >= 4 is 5.91 Å². The van der Waals surface area contributed by atoms with Gasteiger partial charge in [-0.25, -0.2) is 4.68 Å². The molecule has 0 bridgehead atoms. The van der Waals surface area contributed by atoms with E-state index in [4.69, 9.17) is 4.74 Å². The Bertz CT molecular complexity index is 733. The van der Waals surface area contributed by atoms with Crippen LogP contribution < -0.4 is 15.6 Å². The molecule has 6 nitrogen and oxygen atoms in total. The Labute approximate surface area is 135 Å². The number of nitrogens with one attached hydrogen (secondary N) is 1. The maximum atomic E-state index is 11.8. The van der Waals surface area contributed by atoms with E-state index in [0.717, 1.165) is 21.6 Å². The van der Waals surface area contributed by atoms with Crippen molar-refractivity contribution in [2.24, 2.45) is 0 Å². The van der Waals surface area contributed by atoms with Gasteiger partial charge in [0.1, 0.15) is 18.9 Å². The third-order valence-electron chi connectivity index (χ3n) is 3.18. The van der Waals surface area contributed by atoms with E-state index in [1.807, 2.05) is 26.0 Å². The average Bonchev–Trinajstić information content (AvgIpc) is 2.46. The standard InChI is InChI=1S/C17H21N3O3/c1-12-8-13(2)10-15(9-12)23-7-6-18-16(21)11-20-17(22)5-4-14(3)19-20/h4-5,8-10H,6-7,11H2,1-3H3,(H,18,21). The number of aryl methyl sites for hydroxylation is 3. The molecule has 0 aliphatic heterocycles. The first-order chi connectivity index (χ1) is 10.9. The summed E-state index contributed by atoms with van der Waals surface area (Å²) in [5.41, 5.74) is 2.66. The van der Waals surface area contributed by atoms with Gasteiger partial charge in [0.2, 0.25) is 5.91 Å². The molecule has 1 aromatic carbocycles. The summed E-state index contributed by atoms with van der Waals surface area (Å²) in [6.45, 7) is 6.43. The predicted molar refractivity (Wildman–Crippen MR) is 87.7 cm³/mol. The summed E-state index contributed by atoms with van der Waals surface area (Å²) in [4.78, 5) is 23.4. The van der Waals surface area contributed by atoms with Gasteiger partial charge in [0.25, 0.3) is 5.56 Å². The van der Waals surface area contributed by atoms with Gasteiger partial charge in [-0.05, 0) is 50.1 Å². The topological polar surface area (TPSA) is 73.2 Å². The van der Waals surface area contributed by atoms with Crippen molar-refractivity contribution in [2.45, 2.75) is 27.3 Å². The van der Waals surface area contributed by atoms with Gasteiger partial charge in [0, 0.05) is 6.07 Å². The molecule has 0 radical (unpaired) electrons. The number of aromatic nitrogens is 2. The van der Waals surface area contributed by atoms with Gasteiger partial charge in [0.15, 0.2) is 0 Å². The van der Waals surface area contributed by atoms with Crippen LogP contribution in [-0.4, -0.2) is 28.8 Å². The molecule has 1 aromatic heterocycles. The van der Waals surface area contributed by atoms with Crippen LogP contribution in [0.1, 0.15) is 16.8 Å². The van der Waals surface area contributed by atoms with E-state index in [2.05, 4.69) is 16.5 Å². The summed E-state index contributed by atoms with van der Waals surface area (Å²) < 4.78 is 6.76. The van der Waals surface area contributed by atoms with Gasteiger partial charge in [-0.3, -0.25) is 9.59 Å². The second-order valence-corrected chi connectivity index (χ2v) is 5.49. The third kappa shape index (κ3) is 5.25. The monoisotopic (exact) mass is 315 g/mol. The molecule has 0 atom stereocenters. The van der Waals surface area contributed by atoms with Gasteiger partial charge in [0.05, 0.1) is 12.2 Å². The molecule has 0 spiro atoms. The minimum Gasteiger partial charge on any atom is -0.492 e. The Morgan fingerprint density at radius 1 is 1.17 bits per heavy atom. The highest BCUT2D eigenvalue weighted by Gasteiger charge is 2.05. The number of nitrogens with zero attached hydrogens (tertiary/aromatic N) is 2. The highest BCUT2D eigenvalue weighted by atomic mass is 16.5. The minimum atomic E-state index is -0.294. The molecule has 1 amide bonds. The fourth-order valence-electron chi connectivity index (χ4n) is 2.23. The van der Waals surface area contributed by atoms with Crippen molar-refractivity contribution in [1.29, 1.82) is 0 Å². The van der Waals surface area contributed by atoms with E-state index in [-0.39, 0.29) is 18.0 Å². The minimum absolute atomic E-state index is 0.0932. The van der Waals surface area contributed by atoms with Crippen molar-refractivity contribution in [1.82, 2.24) is 15.1 Å². The molecule has 122 valence electrons. The molecule has 1 heterocycles. The van der Waals surface area contributed by atoms with Crippen LogP contribution in [0.2, 0.25) is 0 Å². The van der Waals surface area contributed by atoms with Crippen molar-refractivity contribution in [3.05, 3.63) is 57.5 Å². The summed E-state index contributed by atoms with van der Waals surface area (Å²) >= 11 is 0. The second-order valence-electron chi connectivity index (χ2n) is 5.49. The van der Waals surface area contributed by atoms with Crippen LogP contribution in [0.15, 0.2) is 35.1 Å². The normalized spacial score (nSPS) is 10.4. The number of amides is 1. The van der Waals surface area contributed by atoms with E-state index in [9.17, 15) is 9.59 Å². The zero-order chi connectivity index (χ0) is 16.8. The smallest absolute Gasteiger partial charge is 0.267 e. The SMILES string of the molecule is Cc1cc(C)cc(OCCNC(=O)Cn2nc(C)ccc2=O)c1. The van der Waals surface area contributed by atoms with Crippen LogP contribution in [0, 0.1) is 20.8 Å². The lowest BCUT2D eigenvalue weighted by molar-refractivity contribution is -0.122. The number of ether oxygens (including phenoxy) is 1. The molecule has 23 heavy (non-hydrogen) atoms. The van der Waals surface area contributed by atoms with Crippen LogP contribution in [0.25, 0.3) is 0 Å². The lowest BCUT2D eigenvalue weighted by Gasteiger charge is -2.10. The fourth-order valence-corrected chi connectivity index (χ4v) is 2.23. The van der Waals surface area contributed by atoms with E-state index < -0.39 is 0 Å². The van der Waals surface area contributed by atoms with Gasteiger partial charge >= 0.3 is 0 Å². The maximum Gasteiger partial charge on any atom is 0.267 e. The number of hydrogen-bond acceptors (Lipinski definition) is 4. The van der Waals surface area contributed by atoms with Crippen LogP contribution in [-0.2, 0) is 11.3 Å². The molecule has 1 N–H and O–H groups in total. The molecule has 2 rings (SSSR count). The van der Waals surface area contributed by atoms with E-state index in [1.54, 1.807) is 13.0 Å². The van der Waals surface area contributed by atoms with Gasteiger partial charge in [-0.2, -0.15) is 5.10 Å². The van der Waals surface area contributed by atoms with Gasteiger partial charge in [-0.1, -0.05) is 6.07 Å². The van der Waals surface area contributed by atoms with E-state index in [0.29, 0.717) is 18.8 Å². The van der Waals surface area contributed by atoms with E-state index >= 15 is 0 Å². The van der Waals surface area contributed by atoms with Crippen LogP contribution in [0.3, 0.4) is 0 Å². The first-order valence-corrected chi connectivity index (χ1v) is 7.46. The Balaban J connectivity index is 1.78. The first kappa shape index (κ1) is 16.7. The lowest BCUT2D eigenvalue weighted by atomic mass is 10.1. The molecule has 0 aliphatic rings. The zero-order valence-corrected chi connectivity index (χ0v) is 13.6. The molecule has 6 heteroatoms. The molecular formula is C17H21N3O3. The molecule has 2 aromatic rings. The Hall–Kier alpha value is -2.63. The summed E-state index contributed by atoms with van der Waals surface area (Å²) in [5.74, 6) is 0.516. The average molecular weight is 315 g/mol. The number of carbonyl (C=O) groups excluding carboxylic acids is 1. The van der Waals surface area contributed by atoms with Crippen molar-refractivity contribution in [2.75, 3.05) is 13.2 Å². The van der Waals surface area contributed by atoms with Crippen LogP contribution in [0.4, 0.5) is 0 Å². The summed E-state index contributed by atoms with van der Waals surface area (Å²) in [5, 5.41) is 6.73. The summed E-state index contributed by atoms with van der Waals surface area (Å²) in [6, 6.07) is 8.99. The van der Waals surface area contributed by atoms with Crippen molar-refractivity contribution < 1.29 is 9.53 Å². The van der Waals surface area contributed by atoms with Crippen LogP contribution in [0.5, 0.6) is 5.75 Å². The lowest BCUT2D eigenvalue weighted by Crippen LogP contribution is -2.35. The molecule has 0 saturated carbocycles. The Kier molecular flexibility index (Phi) is 5.51. The third-order valence-corrected chi connectivity index (χ3v) is 3.18. The first-order valence-electron chi connectivity index (χ1n) is 7.46. The highest BCUT2D eigenvalue weighted by molar-refractivity contribution is 5.75. The van der Waals surface area contributed by atoms with Crippen LogP contribution >= 0.6 is 0 Å². The molecule has 0 saturated heterocycles. The van der Waals surface area contributed by atoms with Crippen molar-refractivity contribution in [3.63, 3.8) is 0 Å². The summed E-state index contributed by atoms with van der Waals surface area (Å²) in [6.07, 6.45) is 0. The van der Waals surface area contributed by atoms with Gasteiger partial charge in [-0.15, -0.1) is 0 Å². The highest BCUT2D eigenvalue weighted by Crippen LogP contribution is 2.15. The quantitative estimate of drug-likeness (QED) is 0.817. The largest absolute Gasteiger partial charge is 0.492 e. The maximum absolute atomic E-state index is 11.8. The fraction of sp³-hybridized carbons (Fsp3) is 0.353. The zero-order valence-electron chi connectivity index (χ0n) is 13.6. The second kappa shape index (κ2) is 7.58. The number of rotatable bonds is 6. The Morgan fingerprint density at radius 3 is 2.57 bits per heavy atom. The number of benzene rings is 1. The molecule has 0 fully saturated rings.